The number of nitriles is 1. The molecule has 1 aliphatic rings. The van der Waals surface area contributed by atoms with Gasteiger partial charge >= 0.3 is 0 Å². The molecule has 0 aromatic carbocycles. The number of hydrogen-bond donors (Lipinski definition) is 1. The molecule has 0 amide bonds. The largest absolute Gasteiger partial charge is 0.382 e. The Balaban J connectivity index is 2.18. The van der Waals surface area contributed by atoms with E-state index in [4.69, 9.17) is 15.7 Å². The Morgan fingerprint density at radius 2 is 2.53 bits per heavy atom. The predicted octanol–water partition coefficient (Wildman–Crippen LogP) is 0.393. The number of nitrogens with zero attached hydrogens (tertiary/aromatic N) is 3. The van der Waals surface area contributed by atoms with Crippen molar-refractivity contribution >= 4 is 11.5 Å². The highest BCUT2D eigenvalue weighted by molar-refractivity contribution is 5.63. The molecule has 0 saturated carbocycles. The summed E-state index contributed by atoms with van der Waals surface area (Å²) in [7, 11) is 0. The average Bonchev–Trinajstić information content (AvgIpc) is 2.30. The Hall–Kier alpha value is -1.80. The lowest BCUT2D eigenvalue weighted by molar-refractivity contribution is 0.0765. The molecule has 1 aliphatic heterocycles. The van der Waals surface area contributed by atoms with Crippen molar-refractivity contribution in [3.63, 3.8) is 0 Å². The van der Waals surface area contributed by atoms with Crippen molar-refractivity contribution < 1.29 is 4.74 Å². The maximum Gasteiger partial charge on any atom is 0.161 e. The van der Waals surface area contributed by atoms with Gasteiger partial charge in [0.25, 0.3) is 0 Å². The van der Waals surface area contributed by atoms with Crippen LogP contribution in [-0.2, 0) is 4.74 Å². The quantitative estimate of drug-likeness (QED) is 0.716. The first-order chi connectivity index (χ1) is 7.31. The molecule has 1 saturated heterocycles. The summed E-state index contributed by atoms with van der Waals surface area (Å²) in [5, 5.41) is 8.78. The topological polar surface area (TPSA) is 75.2 Å². The van der Waals surface area contributed by atoms with Gasteiger partial charge in [0.1, 0.15) is 5.82 Å². The van der Waals surface area contributed by atoms with E-state index in [-0.39, 0.29) is 6.10 Å². The van der Waals surface area contributed by atoms with Gasteiger partial charge in [-0.15, -0.1) is 0 Å². The summed E-state index contributed by atoms with van der Waals surface area (Å²) < 4.78 is 5.25. The Kier molecular flexibility index (Phi) is 2.70. The van der Waals surface area contributed by atoms with E-state index in [0.29, 0.717) is 19.0 Å². The zero-order valence-electron chi connectivity index (χ0n) is 8.26. The first kappa shape index (κ1) is 9.74. The van der Waals surface area contributed by atoms with E-state index in [1.165, 1.54) is 0 Å². The molecular weight excluding hydrogens is 192 g/mol. The van der Waals surface area contributed by atoms with E-state index in [1.807, 2.05) is 17.0 Å². The molecular formula is C10H12N4O. The van der Waals surface area contributed by atoms with Gasteiger partial charge in [-0.3, -0.25) is 0 Å². The minimum Gasteiger partial charge on any atom is -0.382 e. The predicted molar refractivity (Wildman–Crippen MR) is 56.2 cm³/mol. The molecule has 78 valence electrons. The van der Waals surface area contributed by atoms with E-state index in [0.717, 1.165) is 12.2 Å². The number of morpholine rings is 1. The fourth-order valence-electron chi connectivity index (χ4n) is 1.62. The maximum atomic E-state index is 8.78. The van der Waals surface area contributed by atoms with Crippen LogP contribution in [0.1, 0.15) is 0 Å². The molecule has 1 unspecified atom stereocenters. The Labute approximate surface area is 88.1 Å². The second-order valence-corrected chi connectivity index (χ2v) is 3.34. The molecule has 1 aromatic rings. The number of hydrogen-bond acceptors (Lipinski definition) is 5. The highest BCUT2D eigenvalue weighted by Gasteiger charge is 2.21. The summed E-state index contributed by atoms with van der Waals surface area (Å²) in [6.45, 7) is 1.84. The van der Waals surface area contributed by atoms with Gasteiger partial charge in [-0.2, -0.15) is 5.26 Å². The number of nitrogens with two attached hydrogens (primary N) is 1. The summed E-state index contributed by atoms with van der Waals surface area (Å²) in [6.07, 6.45) is 1.28. The van der Waals surface area contributed by atoms with Crippen molar-refractivity contribution in [3.8, 4) is 6.07 Å². The number of aromatic nitrogens is 1. The van der Waals surface area contributed by atoms with E-state index in [1.54, 1.807) is 6.20 Å². The lowest BCUT2D eigenvalue weighted by Crippen LogP contribution is -2.42. The molecule has 15 heavy (non-hydrogen) atoms. The highest BCUT2D eigenvalue weighted by atomic mass is 16.5. The minimum atomic E-state index is -0.377. The standard InChI is InChI=1S/C10H12N4O/c11-6-8-7-14(4-5-15-8)9-2-1-3-13-10(9)12/h1-3,8H,4-5,7H2,(H2,12,13). The molecule has 0 radical (unpaired) electrons. The highest BCUT2D eigenvalue weighted by Crippen LogP contribution is 2.22. The molecule has 1 aromatic heterocycles. The first-order valence-electron chi connectivity index (χ1n) is 4.78. The third-order valence-electron chi connectivity index (χ3n) is 2.37. The van der Waals surface area contributed by atoms with Crippen LogP contribution in [0.3, 0.4) is 0 Å². The van der Waals surface area contributed by atoms with Crippen LogP contribution in [0.2, 0.25) is 0 Å². The third kappa shape index (κ3) is 2.00. The lowest BCUT2D eigenvalue weighted by Gasteiger charge is -2.31. The molecule has 5 heteroatoms. The minimum absolute atomic E-state index is 0.377. The van der Waals surface area contributed by atoms with Crippen molar-refractivity contribution in [2.75, 3.05) is 30.3 Å². The first-order valence-corrected chi connectivity index (χ1v) is 4.78. The van der Waals surface area contributed by atoms with Crippen LogP contribution in [-0.4, -0.2) is 30.8 Å². The van der Waals surface area contributed by atoms with Crippen LogP contribution in [0.25, 0.3) is 0 Å². The van der Waals surface area contributed by atoms with Crippen molar-refractivity contribution in [2.45, 2.75) is 6.10 Å². The van der Waals surface area contributed by atoms with Crippen LogP contribution in [0.15, 0.2) is 18.3 Å². The van der Waals surface area contributed by atoms with Gasteiger partial charge in [-0.25, -0.2) is 4.98 Å². The molecule has 0 bridgehead atoms. The molecule has 0 spiro atoms. The zero-order valence-corrected chi connectivity index (χ0v) is 8.26. The Morgan fingerprint density at radius 3 is 3.27 bits per heavy atom. The van der Waals surface area contributed by atoms with Crippen molar-refractivity contribution in [3.05, 3.63) is 18.3 Å². The van der Waals surface area contributed by atoms with Gasteiger partial charge in [0.2, 0.25) is 0 Å². The normalized spacial score (nSPS) is 21.0. The van der Waals surface area contributed by atoms with E-state index in [2.05, 4.69) is 11.1 Å². The van der Waals surface area contributed by atoms with Gasteiger partial charge in [0, 0.05) is 12.7 Å². The van der Waals surface area contributed by atoms with Gasteiger partial charge in [0.05, 0.1) is 24.9 Å². The molecule has 1 atom stereocenters. The fourth-order valence-corrected chi connectivity index (χ4v) is 1.62. The monoisotopic (exact) mass is 204 g/mol. The zero-order chi connectivity index (χ0) is 10.7. The summed E-state index contributed by atoms with van der Waals surface area (Å²) >= 11 is 0. The van der Waals surface area contributed by atoms with Crippen LogP contribution >= 0.6 is 0 Å². The SMILES string of the molecule is N#CC1CN(c2cccnc2N)CCO1. The summed E-state index contributed by atoms with van der Waals surface area (Å²) in [6, 6.07) is 5.84. The smallest absolute Gasteiger partial charge is 0.161 e. The van der Waals surface area contributed by atoms with E-state index in [9.17, 15) is 0 Å². The maximum absolute atomic E-state index is 8.78. The van der Waals surface area contributed by atoms with Crippen LogP contribution < -0.4 is 10.6 Å². The number of anilines is 2. The van der Waals surface area contributed by atoms with E-state index >= 15 is 0 Å². The van der Waals surface area contributed by atoms with Crippen molar-refractivity contribution in [1.29, 1.82) is 5.26 Å². The molecule has 2 N–H and O–H groups in total. The van der Waals surface area contributed by atoms with E-state index < -0.39 is 0 Å². The number of rotatable bonds is 1. The molecule has 5 nitrogen and oxygen atoms in total. The van der Waals surface area contributed by atoms with Crippen molar-refractivity contribution in [2.24, 2.45) is 0 Å². The molecule has 2 rings (SSSR count). The van der Waals surface area contributed by atoms with Crippen LogP contribution in [0.4, 0.5) is 11.5 Å². The number of nitrogen functional groups attached to an aromatic ring is 1. The summed E-state index contributed by atoms with van der Waals surface area (Å²) in [5.41, 5.74) is 6.64. The fraction of sp³-hybridized carbons (Fsp3) is 0.400. The number of pyridine rings is 1. The lowest BCUT2D eigenvalue weighted by atomic mass is 10.2. The van der Waals surface area contributed by atoms with Crippen LogP contribution in [0.5, 0.6) is 0 Å². The molecule has 1 fully saturated rings. The second-order valence-electron chi connectivity index (χ2n) is 3.34. The summed E-state index contributed by atoms with van der Waals surface area (Å²) in [4.78, 5) is 6.05. The Bertz CT molecular complexity index is 387. The third-order valence-corrected chi connectivity index (χ3v) is 2.37. The van der Waals surface area contributed by atoms with Crippen molar-refractivity contribution in [1.82, 2.24) is 4.98 Å². The van der Waals surface area contributed by atoms with Gasteiger partial charge < -0.3 is 15.4 Å². The summed E-state index contributed by atoms with van der Waals surface area (Å²) in [5.74, 6) is 0.496. The van der Waals surface area contributed by atoms with Gasteiger partial charge in [-0.05, 0) is 12.1 Å². The van der Waals surface area contributed by atoms with Gasteiger partial charge in [-0.1, -0.05) is 0 Å². The Morgan fingerprint density at radius 1 is 1.67 bits per heavy atom. The second kappa shape index (κ2) is 4.15. The van der Waals surface area contributed by atoms with Gasteiger partial charge in [0.15, 0.2) is 6.10 Å². The molecule has 0 aliphatic carbocycles. The average molecular weight is 204 g/mol. The van der Waals surface area contributed by atoms with Crippen LogP contribution in [0, 0.1) is 11.3 Å². The molecule has 2 heterocycles. The number of ether oxygens (including phenoxy) is 1.